The highest BCUT2D eigenvalue weighted by Gasteiger charge is 2.21. The molecule has 0 aliphatic heterocycles. The van der Waals surface area contributed by atoms with E-state index < -0.39 is 0 Å². The molecule has 0 amide bonds. The number of phenolic OH excluding ortho intramolecular Hbond substituents is 1. The maximum atomic E-state index is 10.6. The molecule has 0 bridgehead atoms. The number of aromatic hydroxyl groups is 1. The largest absolute Gasteiger partial charge is 0.507 e. The SMILES string of the molecule is CC(C)(C)c1cc(-c2ccccc2O)nc(-n2c3ccc#cc3c3ccc(-c4ccccn4)cc32)c1. The second kappa shape index (κ2) is 8.25. The van der Waals surface area contributed by atoms with Gasteiger partial charge in [-0.1, -0.05) is 63.2 Å². The quantitative estimate of drug-likeness (QED) is 0.293. The third-order valence-corrected chi connectivity index (χ3v) is 6.57. The van der Waals surface area contributed by atoms with E-state index in [0.717, 1.165) is 50.1 Å². The van der Waals surface area contributed by atoms with Crippen molar-refractivity contribution in [2.45, 2.75) is 26.2 Å². The molecule has 174 valence electrons. The number of rotatable bonds is 3. The third-order valence-electron chi connectivity index (χ3n) is 6.57. The zero-order chi connectivity index (χ0) is 24.9. The minimum absolute atomic E-state index is 0.116. The van der Waals surface area contributed by atoms with Crippen LogP contribution < -0.4 is 0 Å². The molecule has 3 heterocycles. The van der Waals surface area contributed by atoms with Crippen LogP contribution in [0.3, 0.4) is 0 Å². The lowest BCUT2D eigenvalue weighted by Crippen LogP contribution is -2.13. The van der Waals surface area contributed by atoms with Crippen molar-refractivity contribution >= 4 is 21.8 Å². The Labute approximate surface area is 210 Å². The smallest absolute Gasteiger partial charge is 0.138 e. The molecule has 36 heavy (non-hydrogen) atoms. The van der Waals surface area contributed by atoms with Gasteiger partial charge in [0, 0.05) is 22.7 Å². The summed E-state index contributed by atoms with van der Waals surface area (Å²) < 4.78 is 2.18. The summed E-state index contributed by atoms with van der Waals surface area (Å²) in [4.78, 5) is 9.64. The number of nitrogens with zero attached hydrogens (tertiary/aromatic N) is 3. The fourth-order valence-corrected chi connectivity index (χ4v) is 4.66. The van der Waals surface area contributed by atoms with E-state index in [4.69, 9.17) is 4.98 Å². The molecule has 1 N–H and O–H groups in total. The van der Waals surface area contributed by atoms with E-state index >= 15 is 0 Å². The zero-order valence-corrected chi connectivity index (χ0v) is 20.4. The van der Waals surface area contributed by atoms with Gasteiger partial charge in [-0.25, -0.2) is 4.98 Å². The van der Waals surface area contributed by atoms with Gasteiger partial charge in [0.2, 0.25) is 0 Å². The highest BCUT2D eigenvalue weighted by Crippen LogP contribution is 2.37. The molecule has 0 saturated heterocycles. The van der Waals surface area contributed by atoms with Crippen LogP contribution in [0.4, 0.5) is 0 Å². The van der Waals surface area contributed by atoms with Crippen molar-refractivity contribution in [3.05, 3.63) is 109 Å². The van der Waals surface area contributed by atoms with Crippen molar-refractivity contribution in [2.75, 3.05) is 0 Å². The summed E-state index contributed by atoms with van der Waals surface area (Å²) >= 11 is 0. The second-order valence-corrected chi connectivity index (χ2v) is 10.0. The topological polar surface area (TPSA) is 50.9 Å². The Bertz CT molecular complexity index is 1730. The minimum atomic E-state index is -0.116. The Morgan fingerprint density at radius 3 is 2.44 bits per heavy atom. The lowest BCUT2D eigenvalue weighted by atomic mass is 9.86. The van der Waals surface area contributed by atoms with Crippen molar-refractivity contribution in [3.63, 3.8) is 0 Å². The van der Waals surface area contributed by atoms with Gasteiger partial charge >= 0.3 is 0 Å². The van der Waals surface area contributed by atoms with Gasteiger partial charge in [0.25, 0.3) is 0 Å². The summed E-state index contributed by atoms with van der Waals surface area (Å²) in [7, 11) is 0. The van der Waals surface area contributed by atoms with E-state index in [-0.39, 0.29) is 11.2 Å². The maximum Gasteiger partial charge on any atom is 0.138 e. The number of hydrogen-bond donors (Lipinski definition) is 1. The summed E-state index contributed by atoms with van der Waals surface area (Å²) in [5.41, 5.74) is 6.43. The van der Waals surface area contributed by atoms with Gasteiger partial charge in [0.15, 0.2) is 0 Å². The van der Waals surface area contributed by atoms with Gasteiger partial charge in [-0.2, -0.15) is 0 Å². The normalized spacial score (nSPS) is 11.6. The fourth-order valence-electron chi connectivity index (χ4n) is 4.66. The van der Waals surface area contributed by atoms with Gasteiger partial charge in [-0.15, -0.1) is 0 Å². The van der Waals surface area contributed by atoms with Crippen LogP contribution in [0.1, 0.15) is 26.3 Å². The molecule has 0 saturated carbocycles. The van der Waals surface area contributed by atoms with Crippen LogP contribution >= 0.6 is 0 Å². The zero-order valence-electron chi connectivity index (χ0n) is 20.4. The summed E-state index contributed by atoms with van der Waals surface area (Å²) in [6, 6.07) is 34.3. The molecule has 0 aliphatic rings. The fraction of sp³-hybridized carbons (Fsp3) is 0.125. The van der Waals surface area contributed by atoms with E-state index in [0.29, 0.717) is 5.56 Å². The van der Waals surface area contributed by atoms with E-state index in [2.05, 4.69) is 78.9 Å². The predicted octanol–water partition coefficient (Wildman–Crippen LogP) is 7.51. The highest BCUT2D eigenvalue weighted by molar-refractivity contribution is 6.09. The monoisotopic (exact) mass is 467 g/mol. The van der Waals surface area contributed by atoms with Crippen LogP contribution in [-0.2, 0) is 5.41 Å². The number of phenols is 1. The number of pyridine rings is 2. The summed E-state index contributed by atoms with van der Waals surface area (Å²) in [5, 5.41) is 12.7. The molecule has 0 spiro atoms. The first-order valence-corrected chi connectivity index (χ1v) is 12.0. The molecule has 3 aromatic carbocycles. The van der Waals surface area contributed by atoms with Crippen LogP contribution in [0, 0.1) is 12.1 Å². The van der Waals surface area contributed by atoms with Crippen LogP contribution in [0.15, 0.2) is 91.1 Å². The van der Waals surface area contributed by atoms with Crippen molar-refractivity contribution in [1.29, 1.82) is 0 Å². The molecule has 3 aromatic heterocycles. The van der Waals surface area contributed by atoms with Gasteiger partial charge < -0.3 is 5.11 Å². The minimum Gasteiger partial charge on any atom is -0.507 e. The van der Waals surface area contributed by atoms with E-state index in [1.807, 2.05) is 48.7 Å². The number of benzene rings is 2. The molecule has 6 aromatic rings. The molecule has 4 nitrogen and oxygen atoms in total. The van der Waals surface area contributed by atoms with E-state index in [9.17, 15) is 5.11 Å². The number of para-hydroxylation sites is 1. The first kappa shape index (κ1) is 21.9. The average Bonchev–Trinajstić information content (AvgIpc) is 3.22. The van der Waals surface area contributed by atoms with Gasteiger partial charge in [0.05, 0.1) is 27.8 Å². The summed E-state index contributed by atoms with van der Waals surface area (Å²) in [6.45, 7) is 6.57. The summed E-state index contributed by atoms with van der Waals surface area (Å²) in [5.74, 6) is 1.00. The maximum absolute atomic E-state index is 10.6. The number of fused-ring (bicyclic) bond motifs is 3. The Morgan fingerprint density at radius 2 is 1.67 bits per heavy atom. The van der Waals surface area contributed by atoms with Crippen molar-refractivity contribution in [2.24, 2.45) is 0 Å². The number of hydrogen-bond acceptors (Lipinski definition) is 3. The Morgan fingerprint density at radius 1 is 0.833 bits per heavy atom. The van der Waals surface area contributed by atoms with Crippen LogP contribution in [0.2, 0.25) is 0 Å². The van der Waals surface area contributed by atoms with E-state index in [1.54, 1.807) is 6.07 Å². The molecule has 4 heteroatoms. The molecular weight excluding hydrogens is 442 g/mol. The molecule has 0 radical (unpaired) electrons. The highest BCUT2D eigenvalue weighted by atomic mass is 16.3. The molecule has 0 aliphatic carbocycles. The molecule has 6 rings (SSSR count). The van der Waals surface area contributed by atoms with Gasteiger partial charge in [0.1, 0.15) is 11.6 Å². The summed E-state index contributed by atoms with van der Waals surface area (Å²) in [6.07, 6.45) is 1.81. The molecule has 0 unspecified atom stereocenters. The lowest BCUT2D eigenvalue weighted by molar-refractivity contribution is 0.477. The van der Waals surface area contributed by atoms with E-state index in [1.165, 1.54) is 0 Å². The van der Waals surface area contributed by atoms with Crippen LogP contribution in [-0.4, -0.2) is 19.6 Å². The van der Waals surface area contributed by atoms with Crippen molar-refractivity contribution in [1.82, 2.24) is 14.5 Å². The number of aromatic nitrogens is 3. The van der Waals surface area contributed by atoms with Crippen molar-refractivity contribution < 1.29 is 5.11 Å². The molecule has 0 fully saturated rings. The Kier molecular flexibility index (Phi) is 5.01. The standard InChI is InChI=1S/C32H25N3O/c1-32(2,3)22-19-27(25-11-5-7-14-30(25)36)34-31(20-22)35-28-13-6-4-10-23(28)24-16-15-21(18-29(24)35)26-12-8-9-17-33-26/h5-9,11-20,36H,1-3H3. The van der Waals surface area contributed by atoms with Gasteiger partial charge in [-0.3, -0.25) is 9.55 Å². The van der Waals surface area contributed by atoms with Gasteiger partial charge in [-0.05, 0) is 65.6 Å². The molecular formula is C32H25N3O. The Hall–Kier alpha value is -4.62. The lowest BCUT2D eigenvalue weighted by Gasteiger charge is -2.22. The third kappa shape index (κ3) is 3.66. The first-order chi connectivity index (χ1) is 17.4. The average molecular weight is 468 g/mol. The first-order valence-electron chi connectivity index (χ1n) is 12.0. The Balaban J connectivity index is 1.69. The van der Waals surface area contributed by atoms with Crippen molar-refractivity contribution in [3.8, 4) is 34.1 Å². The molecule has 0 atom stereocenters. The van der Waals surface area contributed by atoms with Crippen LogP contribution in [0.5, 0.6) is 5.75 Å². The second-order valence-electron chi connectivity index (χ2n) is 10.0. The van der Waals surface area contributed by atoms with Crippen LogP contribution in [0.25, 0.3) is 50.1 Å². The predicted molar refractivity (Wildman–Crippen MR) is 145 cm³/mol.